The molecule has 0 spiro atoms. The molecule has 0 amide bonds. The Morgan fingerprint density at radius 2 is 2.44 bits per heavy atom. The predicted octanol–water partition coefficient (Wildman–Crippen LogP) is 0.504. The summed E-state index contributed by atoms with van der Waals surface area (Å²) in [4.78, 5) is 10.4. The number of rotatable bonds is 3. The van der Waals surface area contributed by atoms with Gasteiger partial charge in [-0.25, -0.2) is 0 Å². The van der Waals surface area contributed by atoms with E-state index in [0.717, 1.165) is 0 Å². The van der Waals surface area contributed by atoms with Gasteiger partial charge in [-0.05, 0) is 13.8 Å². The molecule has 0 rings (SSSR count). The van der Waals surface area contributed by atoms with Crippen LogP contribution < -0.4 is 0 Å². The Bertz CT molecular complexity index is 136. The Labute approximate surface area is 54.2 Å². The molecule has 0 aliphatic rings. The van der Waals surface area contributed by atoms with Crippen LogP contribution in [0.25, 0.3) is 0 Å². The van der Waals surface area contributed by atoms with Gasteiger partial charge >= 0.3 is 0 Å². The van der Waals surface area contributed by atoms with Crippen LogP contribution in [-0.4, -0.2) is 18.5 Å². The van der Waals surface area contributed by atoms with E-state index in [1.165, 1.54) is 6.07 Å². The SMILES string of the molecule is CCOC(C)C(=O)C#N. The van der Waals surface area contributed by atoms with Gasteiger partial charge in [0.25, 0.3) is 5.78 Å². The minimum absolute atomic E-state index is 0.467. The molecule has 0 radical (unpaired) electrons. The third-order valence-corrected chi connectivity index (χ3v) is 0.896. The molecule has 0 aromatic carbocycles. The molecule has 0 aromatic rings. The number of nitriles is 1. The van der Waals surface area contributed by atoms with Crippen molar-refractivity contribution in [3.63, 3.8) is 0 Å². The summed E-state index contributed by atoms with van der Waals surface area (Å²) in [5, 5.41) is 8.05. The molecule has 0 saturated carbocycles. The van der Waals surface area contributed by atoms with Crippen LogP contribution in [0.1, 0.15) is 13.8 Å². The van der Waals surface area contributed by atoms with Crippen LogP contribution in [0.15, 0.2) is 0 Å². The van der Waals surface area contributed by atoms with Crippen molar-refractivity contribution >= 4 is 5.78 Å². The third kappa shape index (κ3) is 2.83. The first-order valence-electron chi connectivity index (χ1n) is 2.78. The van der Waals surface area contributed by atoms with Crippen molar-refractivity contribution in [1.82, 2.24) is 0 Å². The molecule has 3 nitrogen and oxygen atoms in total. The number of nitrogens with zero attached hydrogens (tertiary/aromatic N) is 1. The molecule has 9 heavy (non-hydrogen) atoms. The first-order valence-corrected chi connectivity index (χ1v) is 2.78. The maximum atomic E-state index is 10.4. The molecule has 0 aromatic heterocycles. The fraction of sp³-hybridized carbons (Fsp3) is 0.667. The van der Waals surface area contributed by atoms with Crippen LogP contribution in [0.4, 0.5) is 0 Å². The van der Waals surface area contributed by atoms with Gasteiger partial charge < -0.3 is 4.74 Å². The van der Waals surface area contributed by atoms with Gasteiger partial charge in [-0.3, -0.25) is 4.79 Å². The van der Waals surface area contributed by atoms with Gasteiger partial charge in [0.1, 0.15) is 12.2 Å². The fourth-order valence-electron chi connectivity index (χ4n) is 0.417. The standard InChI is InChI=1S/C6H9NO2/c1-3-9-5(2)6(8)4-7/h5H,3H2,1-2H3. The number of carbonyl (C=O) groups is 1. The first kappa shape index (κ1) is 8.12. The lowest BCUT2D eigenvalue weighted by atomic mass is 10.3. The van der Waals surface area contributed by atoms with E-state index in [1.54, 1.807) is 13.8 Å². The van der Waals surface area contributed by atoms with Crippen LogP contribution in [0.5, 0.6) is 0 Å². The minimum atomic E-state index is -0.569. The largest absolute Gasteiger partial charge is 0.370 e. The van der Waals surface area contributed by atoms with E-state index in [1.807, 2.05) is 0 Å². The van der Waals surface area contributed by atoms with E-state index in [2.05, 4.69) is 0 Å². The smallest absolute Gasteiger partial charge is 0.260 e. The average Bonchev–Trinajstić information content (AvgIpc) is 1.87. The summed E-state index contributed by atoms with van der Waals surface area (Å²) in [5.74, 6) is -0.517. The van der Waals surface area contributed by atoms with Gasteiger partial charge in [0.2, 0.25) is 0 Å². The van der Waals surface area contributed by atoms with Crippen molar-refractivity contribution in [2.24, 2.45) is 0 Å². The first-order chi connectivity index (χ1) is 4.22. The summed E-state index contributed by atoms with van der Waals surface area (Å²) in [6.45, 7) is 3.81. The second-order valence-corrected chi connectivity index (χ2v) is 1.57. The van der Waals surface area contributed by atoms with Gasteiger partial charge in [0.15, 0.2) is 0 Å². The zero-order chi connectivity index (χ0) is 7.28. The van der Waals surface area contributed by atoms with E-state index < -0.39 is 11.9 Å². The zero-order valence-electron chi connectivity index (χ0n) is 5.55. The van der Waals surface area contributed by atoms with Gasteiger partial charge in [0, 0.05) is 6.61 Å². The van der Waals surface area contributed by atoms with E-state index in [4.69, 9.17) is 10.00 Å². The van der Waals surface area contributed by atoms with Crippen molar-refractivity contribution in [3.8, 4) is 6.07 Å². The Hall–Kier alpha value is -0.880. The molecule has 0 saturated heterocycles. The van der Waals surface area contributed by atoms with Crippen molar-refractivity contribution < 1.29 is 9.53 Å². The minimum Gasteiger partial charge on any atom is -0.370 e. The predicted molar refractivity (Wildman–Crippen MR) is 31.7 cm³/mol. The zero-order valence-corrected chi connectivity index (χ0v) is 5.55. The number of ketones is 1. The molecule has 50 valence electrons. The molecule has 1 unspecified atom stereocenters. The Morgan fingerprint density at radius 1 is 1.89 bits per heavy atom. The average molecular weight is 127 g/mol. The molecular formula is C6H9NO2. The highest BCUT2D eigenvalue weighted by Gasteiger charge is 2.09. The summed E-state index contributed by atoms with van der Waals surface area (Å²) in [5.41, 5.74) is 0. The lowest BCUT2D eigenvalue weighted by Crippen LogP contribution is -2.18. The highest BCUT2D eigenvalue weighted by atomic mass is 16.5. The molecule has 1 atom stereocenters. The second-order valence-electron chi connectivity index (χ2n) is 1.57. The third-order valence-electron chi connectivity index (χ3n) is 0.896. The maximum absolute atomic E-state index is 10.4. The van der Waals surface area contributed by atoms with Crippen LogP contribution >= 0.6 is 0 Å². The van der Waals surface area contributed by atoms with E-state index in [-0.39, 0.29) is 0 Å². The van der Waals surface area contributed by atoms with Crippen LogP contribution in [0.3, 0.4) is 0 Å². The van der Waals surface area contributed by atoms with E-state index in [0.29, 0.717) is 6.61 Å². The lowest BCUT2D eigenvalue weighted by Gasteiger charge is -2.02. The van der Waals surface area contributed by atoms with Crippen LogP contribution in [-0.2, 0) is 9.53 Å². The van der Waals surface area contributed by atoms with Crippen molar-refractivity contribution in [1.29, 1.82) is 5.26 Å². The molecule has 3 heteroatoms. The molecule has 0 bridgehead atoms. The summed E-state index contributed by atoms with van der Waals surface area (Å²) in [6.07, 6.45) is -0.569. The second kappa shape index (κ2) is 4.04. The summed E-state index contributed by atoms with van der Waals surface area (Å²) in [7, 11) is 0. The van der Waals surface area contributed by atoms with Crippen LogP contribution in [0, 0.1) is 11.3 Å². The normalized spacial score (nSPS) is 12.1. The molecule has 0 N–H and O–H groups in total. The number of hydrogen-bond donors (Lipinski definition) is 0. The number of Topliss-reactive ketones (excluding diaryl/α,β-unsaturated/α-hetero) is 1. The molecule has 0 heterocycles. The van der Waals surface area contributed by atoms with Gasteiger partial charge in [0.05, 0.1) is 0 Å². The van der Waals surface area contributed by atoms with Crippen molar-refractivity contribution in [2.45, 2.75) is 20.0 Å². The van der Waals surface area contributed by atoms with Gasteiger partial charge in [-0.15, -0.1) is 0 Å². The summed E-state index contributed by atoms with van der Waals surface area (Å²) in [6, 6.07) is 1.49. The molecule has 0 aliphatic heterocycles. The monoisotopic (exact) mass is 127 g/mol. The van der Waals surface area contributed by atoms with E-state index in [9.17, 15) is 4.79 Å². The Balaban J connectivity index is 3.62. The Morgan fingerprint density at radius 3 is 2.78 bits per heavy atom. The fourth-order valence-corrected chi connectivity index (χ4v) is 0.417. The topological polar surface area (TPSA) is 50.1 Å². The lowest BCUT2D eigenvalue weighted by molar-refractivity contribution is -0.123. The molecule has 0 fully saturated rings. The van der Waals surface area contributed by atoms with Gasteiger partial charge in [-0.2, -0.15) is 5.26 Å². The number of carbonyl (C=O) groups excluding carboxylic acids is 1. The van der Waals surface area contributed by atoms with E-state index >= 15 is 0 Å². The number of ether oxygens (including phenoxy) is 1. The quantitative estimate of drug-likeness (QED) is 0.519. The van der Waals surface area contributed by atoms with Crippen molar-refractivity contribution in [3.05, 3.63) is 0 Å². The molecular weight excluding hydrogens is 118 g/mol. The Kier molecular flexibility index (Phi) is 3.65. The summed E-state index contributed by atoms with van der Waals surface area (Å²) >= 11 is 0. The molecule has 0 aliphatic carbocycles. The number of hydrogen-bond acceptors (Lipinski definition) is 3. The highest BCUT2D eigenvalue weighted by Crippen LogP contribution is 1.89. The van der Waals surface area contributed by atoms with Crippen LogP contribution in [0.2, 0.25) is 0 Å². The highest BCUT2D eigenvalue weighted by molar-refractivity contribution is 5.96. The maximum Gasteiger partial charge on any atom is 0.260 e. The van der Waals surface area contributed by atoms with Crippen molar-refractivity contribution in [2.75, 3.05) is 6.61 Å². The van der Waals surface area contributed by atoms with Gasteiger partial charge in [-0.1, -0.05) is 0 Å². The summed E-state index contributed by atoms with van der Waals surface area (Å²) < 4.78 is 4.82.